The van der Waals surface area contributed by atoms with Gasteiger partial charge in [0, 0.05) is 5.92 Å². The van der Waals surface area contributed by atoms with E-state index < -0.39 is 74.7 Å². The molecule has 4 fully saturated rings. The molecular weight excluding hydrogens is 658 g/mol. The van der Waals surface area contributed by atoms with Crippen LogP contribution >= 0.6 is 27.8 Å². The number of anilines is 2. The smallest absolute Gasteiger partial charge is 0.389 e. The van der Waals surface area contributed by atoms with Crippen LogP contribution in [0.1, 0.15) is 11.8 Å². The molecule has 0 aromatic carbocycles. The van der Waals surface area contributed by atoms with Gasteiger partial charge in [-0.1, -0.05) is 0 Å². The Balaban J connectivity index is 1.12. The van der Waals surface area contributed by atoms with Crippen molar-refractivity contribution in [1.29, 1.82) is 0 Å². The molecule has 0 radical (unpaired) electrons. The third-order valence-corrected chi connectivity index (χ3v) is 12.3. The second kappa shape index (κ2) is 10.3. The van der Waals surface area contributed by atoms with E-state index in [4.69, 9.17) is 29.6 Å². The molecule has 23 heteroatoms. The lowest BCUT2D eigenvalue weighted by atomic mass is 10.0. The van der Waals surface area contributed by atoms with Gasteiger partial charge in [-0.3, -0.25) is 28.0 Å². The molecule has 4 aromatic heterocycles. The van der Waals surface area contributed by atoms with Crippen molar-refractivity contribution in [3.05, 3.63) is 29.3 Å². The third-order valence-electron chi connectivity index (χ3n) is 8.92. The second-order valence-corrected chi connectivity index (χ2v) is 15.1. The molecular formula is C22H26N10O10P2S. The molecule has 2 saturated carbocycles. The first-order valence-corrected chi connectivity index (χ1v) is 17.3. The van der Waals surface area contributed by atoms with Crippen LogP contribution in [0, 0.1) is 11.8 Å². The van der Waals surface area contributed by atoms with Crippen molar-refractivity contribution in [3.8, 4) is 0 Å². The second-order valence-electron chi connectivity index (χ2n) is 11.3. The van der Waals surface area contributed by atoms with Crippen LogP contribution in [-0.4, -0.2) is 97.0 Å². The van der Waals surface area contributed by atoms with Crippen LogP contribution in [0.5, 0.6) is 0 Å². The lowest BCUT2D eigenvalue weighted by Crippen LogP contribution is -2.40. The summed E-state index contributed by atoms with van der Waals surface area (Å²) in [5.41, 5.74) is 10.8. The molecule has 2 aliphatic heterocycles. The van der Waals surface area contributed by atoms with Crippen LogP contribution in [0.2, 0.25) is 0 Å². The number of fused-ring (bicyclic) bond motifs is 7. The topological polar surface area (TPSA) is 291 Å². The van der Waals surface area contributed by atoms with Crippen LogP contribution in [0.15, 0.2) is 23.8 Å². The molecule has 11 atom stereocenters. The first-order valence-electron chi connectivity index (χ1n) is 13.7. The van der Waals surface area contributed by atoms with Gasteiger partial charge in [0.25, 0.3) is 5.56 Å². The van der Waals surface area contributed by atoms with E-state index in [1.54, 1.807) is 4.57 Å². The van der Waals surface area contributed by atoms with Gasteiger partial charge in [0.15, 0.2) is 22.6 Å². The number of nitrogens with one attached hydrogen (secondary N) is 1. The molecule has 2 saturated heterocycles. The number of rotatable bonds is 2. The number of phosphoric acid groups is 1. The maximum atomic E-state index is 13.4. The minimum Gasteiger partial charge on any atom is -0.389 e. The summed E-state index contributed by atoms with van der Waals surface area (Å²) in [6, 6.07) is 0. The van der Waals surface area contributed by atoms with Crippen molar-refractivity contribution in [1.82, 2.24) is 39.0 Å². The average Bonchev–Trinajstić information content (AvgIpc) is 3.25. The quantitative estimate of drug-likeness (QED) is 0.140. The molecule has 0 amide bonds. The summed E-state index contributed by atoms with van der Waals surface area (Å²) in [5, 5.41) is 20.9. The fraction of sp³-hybridized carbons (Fsp3) is 0.545. The van der Waals surface area contributed by atoms with E-state index in [2.05, 4.69) is 29.9 Å². The molecule has 6 heterocycles. The number of imidazole rings is 2. The summed E-state index contributed by atoms with van der Waals surface area (Å²) in [6.07, 6.45) is -0.786. The molecule has 2 unspecified atom stereocenters. The molecule has 20 nitrogen and oxygen atoms in total. The number of aliphatic hydroxyl groups excluding tert-OH is 2. The molecule has 4 aromatic rings. The van der Waals surface area contributed by atoms with E-state index in [1.807, 2.05) is 0 Å². The van der Waals surface area contributed by atoms with E-state index in [1.165, 1.54) is 23.5 Å². The van der Waals surface area contributed by atoms with Crippen molar-refractivity contribution in [3.63, 3.8) is 0 Å². The highest BCUT2D eigenvalue weighted by molar-refractivity contribution is 8.00. The fourth-order valence-corrected chi connectivity index (χ4v) is 10.4. The van der Waals surface area contributed by atoms with Crippen LogP contribution in [-0.2, 0) is 32.8 Å². The standard InChI is InChI=1S/C22H26N10O10P2S/c23-16-10-17(26-4-25-16)32(6-28-10)22-1-8(22)7-2-40-44(37,38)42-14-12(33)9(3-39-43(36)41-13(7)15(22)34)45-20(14)31-5-27-11-18(31)29-21(24)30-19(11)35/h4-9,12-15,20,33-34,43H,1-3H2,(H,37,38)(H2,23,25,26)(H3,24,29,30,35)/t7-,8-,9+,12+,13+,14+,15+,20+,22+/m0/s1. The fourth-order valence-electron chi connectivity index (χ4n) is 6.83. The van der Waals surface area contributed by atoms with Crippen molar-refractivity contribution < 1.29 is 42.3 Å². The normalized spacial score (nSPS) is 40.0. The molecule has 45 heavy (non-hydrogen) atoms. The number of hydrogen-bond acceptors (Lipinski definition) is 17. The molecule has 8 rings (SSSR count). The number of nitrogen functional groups attached to an aromatic ring is 2. The van der Waals surface area contributed by atoms with Crippen molar-refractivity contribution in [2.24, 2.45) is 11.8 Å². The highest BCUT2D eigenvalue weighted by Crippen LogP contribution is 2.67. The minimum atomic E-state index is -4.90. The van der Waals surface area contributed by atoms with E-state index in [0.717, 1.165) is 11.8 Å². The first-order chi connectivity index (χ1) is 21.5. The van der Waals surface area contributed by atoms with Gasteiger partial charge in [-0.2, -0.15) is 4.98 Å². The number of phosphoric ester groups is 1. The summed E-state index contributed by atoms with van der Waals surface area (Å²) in [7, 11) is -8.18. The number of aromatic amines is 1. The van der Waals surface area contributed by atoms with Gasteiger partial charge in [-0.25, -0.2) is 24.5 Å². The number of nitrogens with two attached hydrogens (primary N) is 2. The van der Waals surface area contributed by atoms with Crippen LogP contribution in [0.4, 0.5) is 11.8 Å². The Hall–Kier alpha value is -2.97. The van der Waals surface area contributed by atoms with Gasteiger partial charge in [-0.05, 0) is 12.3 Å². The monoisotopic (exact) mass is 684 g/mol. The molecule has 0 spiro atoms. The van der Waals surface area contributed by atoms with Crippen LogP contribution < -0.4 is 17.0 Å². The lowest BCUT2D eigenvalue weighted by molar-refractivity contribution is -0.0185. The maximum absolute atomic E-state index is 13.4. The van der Waals surface area contributed by atoms with Gasteiger partial charge in [0.1, 0.15) is 35.5 Å². The Morgan fingerprint density at radius 3 is 2.73 bits per heavy atom. The molecule has 2 bridgehead atoms. The first kappa shape index (κ1) is 29.4. The number of aliphatic hydroxyl groups is 2. The van der Waals surface area contributed by atoms with E-state index >= 15 is 0 Å². The molecule has 2 aliphatic carbocycles. The zero-order chi connectivity index (χ0) is 31.4. The largest absolute Gasteiger partial charge is 0.472 e. The number of thioether (sulfide) groups is 1. The minimum absolute atomic E-state index is 0.0485. The Labute approximate surface area is 256 Å². The van der Waals surface area contributed by atoms with Crippen LogP contribution in [0.3, 0.4) is 0 Å². The lowest BCUT2D eigenvalue weighted by Gasteiger charge is -2.28. The van der Waals surface area contributed by atoms with Gasteiger partial charge in [0.05, 0.1) is 42.8 Å². The van der Waals surface area contributed by atoms with Gasteiger partial charge < -0.3 is 40.2 Å². The maximum Gasteiger partial charge on any atom is 0.472 e. The Bertz CT molecular complexity index is 1980. The summed E-state index contributed by atoms with van der Waals surface area (Å²) in [4.78, 5) is 46.3. The Kier molecular flexibility index (Phi) is 6.71. The van der Waals surface area contributed by atoms with E-state index in [-0.39, 0.29) is 35.5 Å². The predicted molar refractivity (Wildman–Crippen MR) is 155 cm³/mol. The van der Waals surface area contributed by atoms with Gasteiger partial charge in [0.2, 0.25) is 5.95 Å². The molecule has 4 aliphatic rings. The summed E-state index contributed by atoms with van der Waals surface area (Å²) >= 11 is 1.05. The van der Waals surface area contributed by atoms with E-state index in [0.29, 0.717) is 17.6 Å². The number of H-pyrrole nitrogens is 1. The van der Waals surface area contributed by atoms with Gasteiger partial charge >= 0.3 is 16.1 Å². The molecule has 240 valence electrons. The van der Waals surface area contributed by atoms with E-state index in [9.17, 15) is 29.0 Å². The Morgan fingerprint density at radius 1 is 1.11 bits per heavy atom. The number of aromatic nitrogens is 8. The van der Waals surface area contributed by atoms with Crippen LogP contribution in [0.25, 0.3) is 22.3 Å². The van der Waals surface area contributed by atoms with Crippen molar-refractivity contribution >= 4 is 61.9 Å². The van der Waals surface area contributed by atoms with Crippen molar-refractivity contribution in [2.75, 3.05) is 24.7 Å². The highest BCUT2D eigenvalue weighted by Gasteiger charge is 2.73. The highest BCUT2D eigenvalue weighted by atomic mass is 32.2. The predicted octanol–water partition coefficient (Wildman–Crippen LogP) is -0.888. The number of hydrogen-bond donors (Lipinski definition) is 6. The Morgan fingerprint density at radius 2 is 1.91 bits per heavy atom. The summed E-state index contributed by atoms with van der Waals surface area (Å²) < 4.78 is 51.9. The zero-order valence-corrected chi connectivity index (χ0v) is 25.5. The molecule has 8 N–H and O–H groups in total. The number of nitrogens with zero attached hydrogens (tertiary/aromatic N) is 7. The van der Waals surface area contributed by atoms with Crippen molar-refractivity contribution in [2.45, 2.75) is 47.0 Å². The summed E-state index contributed by atoms with van der Waals surface area (Å²) in [6.45, 7) is -0.754. The SMILES string of the molecule is Nc1nc2c(ncn2[C@@H]2S[C@@H]3CO[PH](=O)O[C@@H]4[C@@H](COP(=O)(O)O[C@@H]2[C@@H]3O)[C@@H]2C[C@]2(n2cnc3c(N)ncnc32)[C@@H]4O)c(=O)[nH]1. The average molecular weight is 685 g/mol. The summed E-state index contributed by atoms with van der Waals surface area (Å²) in [5.74, 6) is -1.14. The third kappa shape index (κ3) is 4.49. The van der Waals surface area contributed by atoms with Gasteiger partial charge in [-0.15, -0.1) is 11.8 Å². The zero-order valence-electron chi connectivity index (χ0n) is 22.8.